The van der Waals surface area contributed by atoms with Crippen LogP contribution in [0.1, 0.15) is 33.1 Å². The zero-order valence-corrected chi connectivity index (χ0v) is 12.0. The third-order valence-corrected chi connectivity index (χ3v) is 3.59. The fourth-order valence-electron chi connectivity index (χ4n) is 2.03. The highest BCUT2D eigenvalue weighted by Gasteiger charge is 2.42. The molecule has 18 heavy (non-hydrogen) atoms. The molecule has 0 bridgehead atoms. The molecule has 0 heterocycles. The van der Waals surface area contributed by atoms with E-state index < -0.39 is 5.54 Å². The lowest BCUT2D eigenvalue weighted by Gasteiger charge is -2.29. The Labute approximate surface area is 110 Å². The molecule has 0 aromatic heterocycles. The third kappa shape index (κ3) is 4.82. The minimum atomic E-state index is -0.467. The molecule has 5 heteroatoms. The van der Waals surface area contributed by atoms with Gasteiger partial charge in [-0.25, -0.2) is 4.79 Å². The second-order valence-electron chi connectivity index (χ2n) is 5.94. The smallest absolute Gasteiger partial charge is 0.315 e. The first-order chi connectivity index (χ1) is 8.37. The number of hydrogen-bond acceptors (Lipinski definition) is 3. The van der Waals surface area contributed by atoms with Crippen LogP contribution in [0.4, 0.5) is 4.79 Å². The molecule has 0 aliphatic heterocycles. The highest BCUT2D eigenvalue weighted by Crippen LogP contribution is 2.39. The maximum Gasteiger partial charge on any atom is 0.315 e. The molecule has 2 unspecified atom stereocenters. The number of nitrogens with zero attached hydrogens (tertiary/aromatic N) is 1. The molecule has 1 aliphatic rings. The fourth-order valence-corrected chi connectivity index (χ4v) is 2.03. The molecule has 0 aromatic rings. The Morgan fingerprint density at radius 1 is 1.50 bits per heavy atom. The Bertz CT molecular complexity index is 279. The predicted octanol–water partition coefficient (Wildman–Crippen LogP) is 0.787. The maximum absolute atomic E-state index is 11.9. The monoisotopic (exact) mass is 257 g/mol. The van der Waals surface area contributed by atoms with E-state index >= 15 is 0 Å². The lowest BCUT2D eigenvalue weighted by molar-refractivity contribution is 0.154. The Balaban J connectivity index is 2.31. The van der Waals surface area contributed by atoms with Gasteiger partial charge in [0.1, 0.15) is 0 Å². The van der Waals surface area contributed by atoms with Crippen molar-refractivity contribution in [2.24, 2.45) is 5.92 Å². The summed E-state index contributed by atoms with van der Waals surface area (Å²) in [4.78, 5) is 14.0. The summed E-state index contributed by atoms with van der Waals surface area (Å²) in [6.45, 7) is 4.85. The predicted molar refractivity (Wildman–Crippen MR) is 72.5 cm³/mol. The summed E-state index contributed by atoms with van der Waals surface area (Å²) in [6.07, 6.45) is 3.10. The molecular formula is C13H27N3O2. The molecule has 1 rings (SSSR count). The van der Waals surface area contributed by atoms with Crippen molar-refractivity contribution in [3.63, 3.8) is 0 Å². The van der Waals surface area contributed by atoms with E-state index in [4.69, 9.17) is 0 Å². The van der Waals surface area contributed by atoms with Gasteiger partial charge >= 0.3 is 6.03 Å². The number of aliphatic hydroxyl groups is 1. The molecule has 0 spiro atoms. The van der Waals surface area contributed by atoms with Crippen molar-refractivity contribution in [2.75, 3.05) is 27.2 Å². The topological polar surface area (TPSA) is 64.6 Å². The summed E-state index contributed by atoms with van der Waals surface area (Å²) in [5.41, 5.74) is -0.467. The molecule has 5 nitrogen and oxygen atoms in total. The molecule has 0 radical (unpaired) electrons. The van der Waals surface area contributed by atoms with Gasteiger partial charge in [0.15, 0.2) is 0 Å². The van der Waals surface area contributed by atoms with E-state index in [1.165, 1.54) is 0 Å². The van der Waals surface area contributed by atoms with Crippen molar-refractivity contribution >= 4 is 6.03 Å². The first-order valence-corrected chi connectivity index (χ1v) is 6.71. The van der Waals surface area contributed by atoms with Gasteiger partial charge in [-0.1, -0.05) is 0 Å². The molecule has 0 saturated heterocycles. The number of rotatable bonds is 7. The van der Waals surface area contributed by atoms with Crippen LogP contribution in [0.5, 0.6) is 0 Å². The van der Waals surface area contributed by atoms with Crippen molar-refractivity contribution < 1.29 is 9.90 Å². The molecular weight excluding hydrogens is 230 g/mol. The van der Waals surface area contributed by atoms with E-state index in [1.807, 2.05) is 27.9 Å². The minimum absolute atomic E-state index is 0.00281. The van der Waals surface area contributed by atoms with Gasteiger partial charge in [0, 0.05) is 6.04 Å². The van der Waals surface area contributed by atoms with Crippen LogP contribution < -0.4 is 10.6 Å². The Morgan fingerprint density at radius 3 is 2.56 bits per heavy atom. The van der Waals surface area contributed by atoms with Crippen molar-refractivity contribution in [1.82, 2.24) is 15.5 Å². The SMILES string of the molecule is CC(CCN(C)C)NC(=O)NC(C)(CO)C1CC1. The molecule has 0 aromatic carbocycles. The number of amides is 2. The van der Waals surface area contributed by atoms with E-state index in [0.29, 0.717) is 5.92 Å². The normalized spacial score (nSPS) is 20.3. The summed E-state index contributed by atoms with van der Waals surface area (Å²) in [6, 6.07) is -0.0424. The van der Waals surface area contributed by atoms with Gasteiger partial charge in [0.2, 0.25) is 0 Å². The van der Waals surface area contributed by atoms with Gasteiger partial charge in [-0.05, 0) is 59.7 Å². The van der Waals surface area contributed by atoms with Crippen molar-refractivity contribution in [3.8, 4) is 0 Å². The molecule has 106 valence electrons. The average molecular weight is 257 g/mol. The highest BCUT2D eigenvalue weighted by molar-refractivity contribution is 5.75. The zero-order chi connectivity index (χ0) is 13.8. The van der Waals surface area contributed by atoms with Crippen LogP contribution in [-0.2, 0) is 0 Å². The largest absolute Gasteiger partial charge is 0.394 e. The van der Waals surface area contributed by atoms with Gasteiger partial charge in [-0.3, -0.25) is 0 Å². The third-order valence-electron chi connectivity index (χ3n) is 3.59. The van der Waals surface area contributed by atoms with Gasteiger partial charge in [-0.2, -0.15) is 0 Å². The van der Waals surface area contributed by atoms with Crippen LogP contribution in [0.3, 0.4) is 0 Å². The van der Waals surface area contributed by atoms with Crippen molar-refractivity contribution in [3.05, 3.63) is 0 Å². The number of aliphatic hydroxyl groups excluding tert-OH is 1. The Kier molecular flexibility index (Phi) is 5.41. The van der Waals surface area contributed by atoms with Gasteiger partial charge in [0.05, 0.1) is 12.1 Å². The van der Waals surface area contributed by atoms with Crippen molar-refractivity contribution in [1.29, 1.82) is 0 Å². The molecule has 2 atom stereocenters. The van der Waals surface area contributed by atoms with Crippen molar-refractivity contribution in [2.45, 2.75) is 44.7 Å². The lowest BCUT2D eigenvalue weighted by atomic mass is 9.97. The Hall–Kier alpha value is -0.810. The van der Waals surface area contributed by atoms with E-state index in [2.05, 4.69) is 15.5 Å². The number of hydrogen-bond donors (Lipinski definition) is 3. The standard InChI is InChI=1S/C13H27N3O2/c1-10(7-8-16(3)4)14-12(18)15-13(2,9-17)11-5-6-11/h10-11,17H,5-9H2,1-4H3,(H2,14,15,18). The summed E-state index contributed by atoms with van der Waals surface area (Å²) < 4.78 is 0. The molecule has 2 amide bonds. The second-order valence-corrected chi connectivity index (χ2v) is 5.94. The molecule has 1 fully saturated rings. The van der Waals surface area contributed by atoms with E-state index in [1.54, 1.807) is 0 Å². The summed E-state index contributed by atoms with van der Waals surface area (Å²) in [5, 5.41) is 15.2. The fraction of sp³-hybridized carbons (Fsp3) is 0.923. The van der Waals surface area contributed by atoms with Gasteiger partial charge in [-0.15, -0.1) is 0 Å². The van der Waals surface area contributed by atoms with E-state index in [0.717, 1.165) is 25.8 Å². The van der Waals surface area contributed by atoms with E-state index in [9.17, 15) is 9.90 Å². The number of urea groups is 1. The quantitative estimate of drug-likeness (QED) is 0.632. The first kappa shape index (κ1) is 15.2. The number of carbonyl (C=O) groups is 1. The second kappa shape index (κ2) is 6.38. The maximum atomic E-state index is 11.9. The van der Waals surface area contributed by atoms with Gasteiger partial charge in [0.25, 0.3) is 0 Å². The number of nitrogens with one attached hydrogen (secondary N) is 2. The van der Waals surface area contributed by atoms with Crippen LogP contribution in [0, 0.1) is 5.92 Å². The molecule has 1 aliphatic carbocycles. The first-order valence-electron chi connectivity index (χ1n) is 6.71. The Morgan fingerprint density at radius 2 is 2.11 bits per heavy atom. The lowest BCUT2D eigenvalue weighted by Crippen LogP contribution is -2.55. The summed E-state index contributed by atoms with van der Waals surface area (Å²) in [5.74, 6) is 0.422. The van der Waals surface area contributed by atoms with Crippen LogP contribution in [0.25, 0.3) is 0 Å². The zero-order valence-electron chi connectivity index (χ0n) is 12.0. The van der Waals surface area contributed by atoms with Crippen LogP contribution in [-0.4, -0.2) is 54.9 Å². The summed E-state index contributed by atoms with van der Waals surface area (Å²) in [7, 11) is 4.03. The van der Waals surface area contributed by atoms with Gasteiger partial charge < -0.3 is 20.6 Å². The van der Waals surface area contributed by atoms with Crippen LogP contribution in [0.2, 0.25) is 0 Å². The minimum Gasteiger partial charge on any atom is -0.394 e. The van der Waals surface area contributed by atoms with Crippen LogP contribution in [0.15, 0.2) is 0 Å². The highest BCUT2D eigenvalue weighted by atomic mass is 16.3. The average Bonchev–Trinajstić information content (AvgIpc) is 3.09. The molecule has 1 saturated carbocycles. The van der Waals surface area contributed by atoms with Crippen LogP contribution >= 0.6 is 0 Å². The molecule has 3 N–H and O–H groups in total. The van der Waals surface area contributed by atoms with E-state index in [-0.39, 0.29) is 18.7 Å². The number of carbonyl (C=O) groups excluding carboxylic acids is 1. The summed E-state index contributed by atoms with van der Waals surface area (Å²) >= 11 is 0.